The van der Waals surface area contributed by atoms with E-state index in [-0.39, 0.29) is 5.91 Å². The highest BCUT2D eigenvalue weighted by Crippen LogP contribution is 2.23. The molecular formula is C13H20BrN3O. The number of nitrogens with two attached hydrogens (primary N) is 1. The fourth-order valence-corrected chi connectivity index (χ4v) is 2.12. The molecule has 0 bridgehead atoms. The number of benzene rings is 1. The zero-order valence-corrected chi connectivity index (χ0v) is 12.7. The molecular weight excluding hydrogens is 294 g/mol. The van der Waals surface area contributed by atoms with Gasteiger partial charge in [-0.05, 0) is 24.6 Å². The number of hydrogen-bond acceptors (Lipinski definition) is 3. The molecule has 0 spiro atoms. The molecule has 100 valence electrons. The highest BCUT2D eigenvalue weighted by molar-refractivity contribution is 9.10. The molecule has 1 aromatic carbocycles. The van der Waals surface area contributed by atoms with Gasteiger partial charge < -0.3 is 15.5 Å². The van der Waals surface area contributed by atoms with Gasteiger partial charge in [0.1, 0.15) is 0 Å². The van der Waals surface area contributed by atoms with E-state index in [1.54, 1.807) is 19.0 Å². The Bertz CT molecular complexity index is 421. The van der Waals surface area contributed by atoms with Crippen molar-refractivity contribution in [2.75, 3.05) is 32.1 Å². The fourth-order valence-electron chi connectivity index (χ4n) is 1.59. The standard InChI is InChI=1S/C13H20BrN3O/c1-4-17(9-13(18)16(2)3)11-6-5-10(8-15)12(14)7-11/h5-7H,4,8-9,15H2,1-3H3. The number of rotatable bonds is 5. The number of likely N-dealkylation sites (N-methyl/N-ethyl adjacent to an activating group) is 2. The first-order valence-corrected chi connectivity index (χ1v) is 6.72. The van der Waals surface area contributed by atoms with Gasteiger partial charge in [0.05, 0.1) is 6.54 Å². The Hall–Kier alpha value is -1.07. The van der Waals surface area contributed by atoms with Crippen LogP contribution in [0.15, 0.2) is 22.7 Å². The number of amides is 1. The average Bonchev–Trinajstić information content (AvgIpc) is 2.35. The number of hydrogen-bond donors (Lipinski definition) is 1. The molecule has 0 aliphatic rings. The molecule has 0 atom stereocenters. The van der Waals surface area contributed by atoms with Crippen LogP contribution < -0.4 is 10.6 Å². The minimum Gasteiger partial charge on any atom is -0.362 e. The van der Waals surface area contributed by atoms with Crippen LogP contribution in [0.1, 0.15) is 12.5 Å². The van der Waals surface area contributed by atoms with Gasteiger partial charge >= 0.3 is 0 Å². The molecule has 0 unspecified atom stereocenters. The third kappa shape index (κ3) is 3.71. The van der Waals surface area contributed by atoms with E-state index in [0.717, 1.165) is 22.3 Å². The molecule has 0 saturated carbocycles. The van der Waals surface area contributed by atoms with Crippen molar-refractivity contribution < 1.29 is 4.79 Å². The molecule has 1 rings (SSSR count). The molecule has 4 nitrogen and oxygen atoms in total. The quantitative estimate of drug-likeness (QED) is 0.902. The summed E-state index contributed by atoms with van der Waals surface area (Å²) in [6.07, 6.45) is 0. The monoisotopic (exact) mass is 313 g/mol. The van der Waals surface area contributed by atoms with Gasteiger partial charge in [-0.1, -0.05) is 22.0 Å². The van der Waals surface area contributed by atoms with Gasteiger partial charge in [0, 0.05) is 37.3 Å². The molecule has 2 N–H and O–H groups in total. The second-order valence-electron chi connectivity index (χ2n) is 4.28. The zero-order valence-electron chi connectivity index (χ0n) is 11.1. The number of halogens is 1. The summed E-state index contributed by atoms with van der Waals surface area (Å²) in [7, 11) is 3.53. The summed E-state index contributed by atoms with van der Waals surface area (Å²) in [4.78, 5) is 15.4. The predicted molar refractivity (Wildman–Crippen MR) is 78.6 cm³/mol. The maximum atomic E-state index is 11.7. The molecule has 0 aliphatic carbocycles. The highest BCUT2D eigenvalue weighted by atomic mass is 79.9. The van der Waals surface area contributed by atoms with Gasteiger partial charge in [-0.25, -0.2) is 0 Å². The van der Waals surface area contributed by atoms with Crippen molar-refractivity contribution in [1.29, 1.82) is 0 Å². The van der Waals surface area contributed by atoms with Gasteiger partial charge in [0.2, 0.25) is 5.91 Å². The van der Waals surface area contributed by atoms with Crippen molar-refractivity contribution >= 4 is 27.5 Å². The lowest BCUT2D eigenvalue weighted by Gasteiger charge is -2.24. The summed E-state index contributed by atoms with van der Waals surface area (Å²) in [5, 5.41) is 0. The third-order valence-corrected chi connectivity index (χ3v) is 3.57. The molecule has 0 aromatic heterocycles. The van der Waals surface area contributed by atoms with Gasteiger partial charge in [-0.15, -0.1) is 0 Å². The Morgan fingerprint density at radius 3 is 2.50 bits per heavy atom. The fraction of sp³-hybridized carbons (Fsp3) is 0.462. The van der Waals surface area contributed by atoms with E-state index in [4.69, 9.17) is 5.73 Å². The van der Waals surface area contributed by atoms with E-state index in [1.807, 2.05) is 30.0 Å². The molecule has 1 amide bonds. The smallest absolute Gasteiger partial charge is 0.241 e. The van der Waals surface area contributed by atoms with Crippen molar-refractivity contribution in [3.63, 3.8) is 0 Å². The third-order valence-electron chi connectivity index (χ3n) is 2.83. The Balaban J connectivity index is 2.88. The van der Waals surface area contributed by atoms with E-state index in [2.05, 4.69) is 15.9 Å². The second-order valence-corrected chi connectivity index (χ2v) is 5.14. The molecule has 0 saturated heterocycles. The van der Waals surface area contributed by atoms with E-state index < -0.39 is 0 Å². The lowest BCUT2D eigenvalue weighted by molar-refractivity contribution is -0.127. The van der Waals surface area contributed by atoms with Crippen LogP contribution in [0.5, 0.6) is 0 Å². The highest BCUT2D eigenvalue weighted by Gasteiger charge is 2.12. The van der Waals surface area contributed by atoms with Gasteiger partial charge in [0.15, 0.2) is 0 Å². The SMILES string of the molecule is CCN(CC(=O)N(C)C)c1ccc(CN)c(Br)c1. The van der Waals surface area contributed by atoms with Crippen LogP contribution in [-0.2, 0) is 11.3 Å². The molecule has 18 heavy (non-hydrogen) atoms. The lowest BCUT2D eigenvalue weighted by atomic mass is 10.2. The summed E-state index contributed by atoms with van der Waals surface area (Å²) in [5.41, 5.74) is 7.71. The topological polar surface area (TPSA) is 49.6 Å². The van der Waals surface area contributed by atoms with Crippen molar-refractivity contribution in [3.05, 3.63) is 28.2 Å². The summed E-state index contributed by atoms with van der Waals surface area (Å²) < 4.78 is 0.984. The number of carbonyl (C=O) groups is 1. The van der Waals surface area contributed by atoms with Crippen molar-refractivity contribution in [2.45, 2.75) is 13.5 Å². The van der Waals surface area contributed by atoms with E-state index in [0.29, 0.717) is 13.1 Å². The Morgan fingerprint density at radius 2 is 2.06 bits per heavy atom. The Kier molecular flexibility index (Phi) is 5.62. The van der Waals surface area contributed by atoms with E-state index in [9.17, 15) is 4.79 Å². The Morgan fingerprint density at radius 1 is 1.39 bits per heavy atom. The minimum atomic E-state index is 0.0934. The van der Waals surface area contributed by atoms with Crippen LogP contribution in [0.3, 0.4) is 0 Å². The molecule has 5 heteroatoms. The average molecular weight is 314 g/mol. The van der Waals surface area contributed by atoms with Crippen molar-refractivity contribution in [1.82, 2.24) is 4.90 Å². The van der Waals surface area contributed by atoms with Gasteiger partial charge in [-0.3, -0.25) is 4.79 Å². The normalized spacial score (nSPS) is 10.3. The van der Waals surface area contributed by atoms with Crippen LogP contribution in [0, 0.1) is 0 Å². The summed E-state index contributed by atoms with van der Waals surface area (Å²) in [5.74, 6) is 0.0934. The maximum absolute atomic E-state index is 11.7. The molecule has 0 heterocycles. The molecule has 0 radical (unpaired) electrons. The number of nitrogens with zero attached hydrogens (tertiary/aromatic N) is 2. The Labute approximate surface area is 117 Å². The van der Waals surface area contributed by atoms with Crippen LogP contribution in [0.25, 0.3) is 0 Å². The van der Waals surface area contributed by atoms with E-state index >= 15 is 0 Å². The number of carbonyl (C=O) groups excluding carboxylic acids is 1. The first kappa shape index (κ1) is 15.0. The van der Waals surface area contributed by atoms with Crippen molar-refractivity contribution in [2.24, 2.45) is 5.73 Å². The summed E-state index contributed by atoms with van der Waals surface area (Å²) in [6, 6.07) is 6.00. The second kappa shape index (κ2) is 6.75. The lowest BCUT2D eigenvalue weighted by Crippen LogP contribution is -2.36. The predicted octanol–water partition coefficient (Wildman–Crippen LogP) is 1.82. The van der Waals surface area contributed by atoms with E-state index in [1.165, 1.54) is 0 Å². The van der Waals surface area contributed by atoms with Crippen LogP contribution in [0.4, 0.5) is 5.69 Å². The van der Waals surface area contributed by atoms with Crippen LogP contribution >= 0.6 is 15.9 Å². The van der Waals surface area contributed by atoms with Gasteiger partial charge in [0.25, 0.3) is 0 Å². The van der Waals surface area contributed by atoms with Crippen molar-refractivity contribution in [3.8, 4) is 0 Å². The first-order valence-electron chi connectivity index (χ1n) is 5.93. The summed E-state index contributed by atoms with van der Waals surface area (Å²) >= 11 is 3.50. The van der Waals surface area contributed by atoms with Crippen LogP contribution in [0.2, 0.25) is 0 Å². The number of anilines is 1. The maximum Gasteiger partial charge on any atom is 0.241 e. The molecule has 0 fully saturated rings. The largest absolute Gasteiger partial charge is 0.362 e. The summed E-state index contributed by atoms with van der Waals surface area (Å²) in [6.45, 7) is 3.71. The zero-order chi connectivity index (χ0) is 13.7. The van der Waals surface area contributed by atoms with Gasteiger partial charge in [-0.2, -0.15) is 0 Å². The molecule has 0 aliphatic heterocycles. The molecule has 1 aromatic rings. The first-order chi connectivity index (χ1) is 8.49. The minimum absolute atomic E-state index is 0.0934. The van der Waals surface area contributed by atoms with Crippen LogP contribution in [-0.4, -0.2) is 38.0 Å².